The second-order valence-corrected chi connectivity index (χ2v) is 5.28. The molecule has 21 heavy (non-hydrogen) atoms. The Bertz CT molecular complexity index is 492. The maximum atomic E-state index is 11.4. The predicted molar refractivity (Wildman–Crippen MR) is 76.1 cm³/mol. The normalized spacial score (nSPS) is 24.6. The molecule has 6 nitrogen and oxygen atoms in total. The molecule has 3 rings (SSSR count). The number of rotatable bonds is 2. The number of nitrogens with zero attached hydrogens (tertiary/aromatic N) is 1. The van der Waals surface area contributed by atoms with Gasteiger partial charge in [0.05, 0.1) is 25.0 Å². The van der Waals surface area contributed by atoms with Crippen LogP contribution < -0.4 is 5.32 Å². The Morgan fingerprint density at radius 1 is 1.10 bits per heavy atom. The molecule has 0 bridgehead atoms. The van der Waals surface area contributed by atoms with Gasteiger partial charge in [0.1, 0.15) is 0 Å². The van der Waals surface area contributed by atoms with Crippen LogP contribution in [0.4, 0.5) is 0 Å². The molecule has 1 aromatic carbocycles. The lowest BCUT2D eigenvalue weighted by atomic mass is 10.2. The quantitative estimate of drug-likeness (QED) is 0.695. The minimum absolute atomic E-state index is 0.0429. The Hall–Kier alpha value is -1.92. The van der Waals surface area contributed by atoms with Gasteiger partial charge < -0.3 is 20.4 Å². The van der Waals surface area contributed by atoms with Crippen molar-refractivity contribution in [3.05, 3.63) is 35.9 Å². The fraction of sp³-hybridized carbons (Fsp3) is 0.467. The summed E-state index contributed by atoms with van der Waals surface area (Å²) in [4.78, 5) is 23.2. The van der Waals surface area contributed by atoms with Crippen molar-refractivity contribution in [2.24, 2.45) is 0 Å². The van der Waals surface area contributed by atoms with Gasteiger partial charge >= 0.3 is 0 Å². The van der Waals surface area contributed by atoms with E-state index in [2.05, 4.69) is 5.32 Å². The minimum Gasteiger partial charge on any atom is -0.391 e. The van der Waals surface area contributed by atoms with Crippen molar-refractivity contribution in [2.45, 2.75) is 31.6 Å². The zero-order chi connectivity index (χ0) is 15.2. The maximum Gasteiger partial charge on any atom is 0.225 e. The van der Waals surface area contributed by atoms with Crippen molar-refractivity contribution in [3.63, 3.8) is 0 Å². The molecule has 6 heteroatoms. The van der Waals surface area contributed by atoms with Crippen molar-refractivity contribution in [1.82, 2.24) is 10.2 Å². The maximum absolute atomic E-state index is 11.4. The second-order valence-electron chi connectivity index (χ2n) is 5.28. The summed E-state index contributed by atoms with van der Waals surface area (Å²) in [5.74, 6) is -0.00569. The summed E-state index contributed by atoms with van der Waals surface area (Å²) in [6, 6.07) is 9.82. The number of likely N-dealkylation sites (tertiary alicyclic amines) is 1. The van der Waals surface area contributed by atoms with E-state index in [1.165, 1.54) is 0 Å². The summed E-state index contributed by atoms with van der Waals surface area (Å²) >= 11 is 0. The van der Waals surface area contributed by atoms with Crippen molar-refractivity contribution >= 4 is 11.8 Å². The second kappa shape index (κ2) is 7.19. The first-order valence-corrected chi connectivity index (χ1v) is 6.99. The molecule has 2 atom stereocenters. The first kappa shape index (κ1) is 15.5. The van der Waals surface area contributed by atoms with Gasteiger partial charge in [-0.1, -0.05) is 30.3 Å². The fourth-order valence-electron chi connectivity index (χ4n) is 2.30. The third kappa shape index (κ3) is 4.84. The molecule has 0 aliphatic carbocycles. The van der Waals surface area contributed by atoms with Crippen LogP contribution in [0.2, 0.25) is 0 Å². The Labute approximate surface area is 123 Å². The van der Waals surface area contributed by atoms with Gasteiger partial charge in [-0.2, -0.15) is 0 Å². The van der Waals surface area contributed by atoms with Crippen molar-refractivity contribution < 1.29 is 19.8 Å². The molecule has 2 heterocycles. The van der Waals surface area contributed by atoms with Crippen LogP contribution in [-0.2, 0) is 16.1 Å². The lowest BCUT2D eigenvalue weighted by Crippen LogP contribution is -2.25. The predicted octanol–water partition coefficient (Wildman–Crippen LogP) is -0.353. The van der Waals surface area contributed by atoms with Crippen molar-refractivity contribution in [3.8, 4) is 0 Å². The van der Waals surface area contributed by atoms with E-state index in [4.69, 9.17) is 5.11 Å². The molecule has 3 N–H and O–H groups in total. The molecule has 0 radical (unpaired) electrons. The molecule has 2 aliphatic heterocycles. The molecular formula is C15H20N2O4. The van der Waals surface area contributed by atoms with Crippen LogP contribution in [0.3, 0.4) is 0 Å². The van der Waals surface area contributed by atoms with Gasteiger partial charge in [0.25, 0.3) is 0 Å². The Balaban J connectivity index is 0.000000194. The summed E-state index contributed by atoms with van der Waals surface area (Å²) in [5, 5.41) is 20.4. The first-order valence-electron chi connectivity index (χ1n) is 6.99. The van der Waals surface area contributed by atoms with E-state index in [9.17, 15) is 14.7 Å². The zero-order valence-electron chi connectivity index (χ0n) is 11.7. The number of amides is 2. The minimum atomic E-state index is -0.480. The van der Waals surface area contributed by atoms with Crippen LogP contribution in [-0.4, -0.2) is 52.2 Å². The van der Waals surface area contributed by atoms with Crippen molar-refractivity contribution in [1.29, 1.82) is 0 Å². The molecule has 114 valence electrons. The molecule has 2 fully saturated rings. The van der Waals surface area contributed by atoms with Gasteiger partial charge in [-0.25, -0.2) is 0 Å². The lowest BCUT2D eigenvalue weighted by molar-refractivity contribution is -0.128. The van der Waals surface area contributed by atoms with Crippen LogP contribution in [0, 0.1) is 0 Å². The number of aliphatic hydroxyl groups is 2. The van der Waals surface area contributed by atoms with Crippen LogP contribution in [0.25, 0.3) is 0 Å². The van der Waals surface area contributed by atoms with Gasteiger partial charge in [0.2, 0.25) is 11.8 Å². The molecule has 0 aromatic heterocycles. The lowest BCUT2D eigenvalue weighted by Gasteiger charge is -2.15. The molecule has 2 amide bonds. The highest BCUT2D eigenvalue weighted by Crippen LogP contribution is 2.14. The van der Waals surface area contributed by atoms with Crippen LogP contribution in [0.1, 0.15) is 18.4 Å². The molecule has 1 aromatic rings. The SMILES string of the molecule is O=C1CC(O)CN1.O=C1CC(O)CN1Cc1ccccc1. The molecule has 2 saturated heterocycles. The zero-order valence-corrected chi connectivity index (χ0v) is 11.7. The number of aliphatic hydroxyl groups excluding tert-OH is 2. The van der Waals surface area contributed by atoms with E-state index in [0.29, 0.717) is 19.6 Å². The smallest absolute Gasteiger partial charge is 0.225 e. The summed E-state index contributed by atoms with van der Waals surface area (Å²) in [6.07, 6.45) is -0.369. The van der Waals surface area contributed by atoms with Crippen LogP contribution >= 0.6 is 0 Å². The van der Waals surface area contributed by atoms with Gasteiger partial charge in [-0.3, -0.25) is 9.59 Å². The highest BCUT2D eigenvalue weighted by atomic mass is 16.3. The third-order valence-corrected chi connectivity index (χ3v) is 3.37. The van der Waals surface area contributed by atoms with E-state index in [1.807, 2.05) is 30.3 Å². The number of hydrogen-bond acceptors (Lipinski definition) is 4. The summed E-state index contributed by atoms with van der Waals surface area (Å²) in [5.41, 5.74) is 1.11. The average Bonchev–Trinajstić information content (AvgIpc) is 2.97. The summed E-state index contributed by atoms with van der Waals surface area (Å²) in [7, 11) is 0. The number of carbonyl (C=O) groups is 2. The third-order valence-electron chi connectivity index (χ3n) is 3.37. The molecule has 2 aliphatic rings. The van der Waals surface area contributed by atoms with Gasteiger partial charge in [-0.15, -0.1) is 0 Å². The Morgan fingerprint density at radius 2 is 1.81 bits per heavy atom. The number of carbonyl (C=O) groups excluding carboxylic acids is 2. The fourth-order valence-corrected chi connectivity index (χ4v) is 2.30. The van der Waals surface area contributed by atoms with Gasteiger partial charge in [-0.05, 0) is 5.56 Å². The van der Waals surface area contributed by atoms with Crippen LogP contribution in [0.15, 0.2) is 30.3 Å². The summed E-state index contributed by atoms with van der Waals surface area (Å²) in [6.45, 7) is 1.50. The van der Waals surface area contributed by atoms with Gasteiger partial charge in [0, 0.05) is 19.6 Å². The monoisotopic (exact) mass is 292 g/mol. The Kier molecular flexibility index (Phi) is 5.30. The Morgan fingerprint density at radius 3 is 2.24 bits per heavy atom. The molecular weight excluding hydrogens is 272 g/mol. The van der Waals surface area contributed by atoms with E-state index < -0.39 is 12.2 Å². The van der Waals surface area contributed by atoms with Crippen LogP contribution in [0.5, 0.6) is 0 Å². The van der Waals surface area contributed by atoms with E-state index in [1.54, 1.807) is 4.90 Å². The number of β-amino-alcohol motifs (C(OH)–C–C–N with tert-alkyl or cyclic N) is 2. The highest BCUT2D eigenvalue weighted by Gasteiger charge is 2.27. The summed E-state index contributed by atoms with van der Waals surface area (Å²) < 4.78 is 0. The van der Waals surface area contributed by atoms with Crippen molar-refractivity contribution in [2.75, 3.05) is 13.1 Å². The van der Waals surface area contributed by atoms with Gasteiger partial charge in [0.15, 0.2) is 0 Å². The molecule has 2 unspecified atom stereocenters. The number of hydrogen-bond donors (Lipinski definition) is 3. The highest BCUT2D eigenvalue weighted by molar-refractivity contribution is 5.79. The number of benzene rings is 1. The standard InChI is InChI=1S/C11H13NO2.C4H7NO2/c13-10-6-11(14)12(8-10)7-9-4-2-1-3-5-9;6-3-1-4(7)5-2-3/h1-5,10,13H,6-8H2;3,6H,1-2H2,(H,5,7). The topological polar surface area (TPSA) is 89.9 Å². The first-order chi connectivity index (χ1) is 10.0. The van der Waals surface area contributed by atoms with E-state index in [-0.39, 0.29) is 24.7 Å². The molecule has 0 saturated carbocycles. The van der Waals surface area contributed by atoms with E-state index in [0.717, 1.165) is 5.56 Å². The largest absolute Gasteiger partial charge is 0.391 e. The molecule has 0 spiro atoms. The van der Waals surface area contributed by atoms with E-state index >= 15 is 0 Å². The number of nitrogens with one attached hydrogen (secondary N) is 1. The average molecular weight is 292 g/mol.